The summed E-state index contributed by atoms with van der Waals surface area (Å²) in [6.07, 6.45) is 0.278. The molecule has 1 atom stereocenters. The first-order chi connectivity index (χ1) is 15.5. The van der Waals surface area contributed by atoms with Crippen molar-refractivity contribution in [3.05, 3.63) is 89.5 Å². The molecule has 5 rings (SSSR count). The maximum atomic E-state index is 12.8. The second kappa shape index (κ2) is 7.89. The molecule has 6 heteroatoms. The number of nitrogens with zero attached hydrogens (tertiary/aromatic N) is 2. The molecule has 0 aliphatic carbocycles. The number of aromatic nitrogens is 2. The summed E-state index contributed by atoms with van der Waals surface area (Å²) in [5, 5.41) is 18.1. The molecule has 32 heavy (non-hydrogen) atoms. The molecular formula is C26H23N3O3. The van der Waals surface area contributed by atoms with E-state index in [9.17, 15) is 9.90 Å². The van der Waals surface area contributed by atoms with Crippen molar-refractivity contribution in [2.45, 2.75) is 19.3 Å². The fourth-order valence-corrected chi connectivity index (χ4v) is 4.23. The first-order valence-corrected chi connectivity index (χ1v) is 10.5. The van der Waals surface area contributed by atoms with Crippen LogP contribution in [-0.2, 0) is 4.79 Å². The van der Waals surface area contributed by atoms with Gasteiger partial charge in [-0.15, -0.1) is 0 Å². The highest BCUT2D eigenvalue weighted by molar-refractivity contribution is 5.96. The summed E-state index contributed by atoms with van der Waals surface area (Å²) in [6.45, 7) is 2.04. The molecule has 4 aromatic rings. The molecule has 0 unspecified atom stereocenters. The Morgan fingerprint density at radius 1 is 1.06 bits per heavy atom. The van der Waals surface area contributed by atoms with E-state index in [0.717, 1.165) is 33.6 Å². The van der Waals surface area contributed by atoms with Crippen molar-refractivity contribution in [2.24, 2.45) is 0 Å². The largest absolute Gasteiger partial charge is 0.504 e. The zero-order valence-corrected chi connectivity index (χ0v) is 17.9. The van der Waals surface area contributed by atoms with Gasteiger partial charge in [0.15, 0.2) is 11.5 Å². The number of fused-ring (bicyclic) bond motifs is 1. The highest BCUT2D eigenvalue weighted by atomic mass is 16.5. The number of anilines is 1. The van der Waals surface area contributed by atoms with Gasteiger partial charge in [-0.25, -0.2) is 4.68 Å². The highest BCUT2D eigenvalue weighted by Gasteiger charge is 2.34. The minimum Gasteiger partial charge on any atom is -0.504 e. The Morgan fingerprint density at radius 2 is 1.81 bits per heavy atom. The number of hydrogen-bond acceptors (Lipinski definition) is 4. The zero-order valence-electron chi connectivity index (χ0n) is 17.9. The molecule has 0 bridgehead atoms. The molecule has 0 radical (unpaired) electrons. The Morgan fingerprint density at radius 3 is 2.53 bits per heavy atom. The van der Waals surface area contributed by atoms with Gasteiger partial charge in [0.1, 0.15) is 5.82 Å². The molecule has 2 N–H and O–H groups in total. The van der Waals surface area contributed by atoms with Gasteiger partial charge in [-0.2, -0.15) is 5.10 Å². The van der Waals surface area contributed by atoms with Crippen LogP contribution < -0.4 is 10.1 Å². The number of amides is 1. The SMILES string of the molecule is COc1cc([C@H]2CC(=O)Nc3c2c(-c2ccccc2)nn3-c2ccc(C)cc2)ccc1O. The molecule has 3 aromatic carbocycles. The molecule has 0 saturated carbocycles. The van der Waals surface area contributed by atoms with Gasteiger partial charge in [-0.1, -0.05) is 54.1 Å². The number of carbonyl (C=O) groups excluding carboxylic acids is 1. The van der Waals surface area contributed by atoms with Crippen molar-refractivity contribution in [2.75, 3.05) is 12.4 Å². The van der Waals surface area contributed by atoms with E-state index >= 15 is 0 Å². The molecule has 6 nitrogen and oxygen atoms in total. The summed E-state index contributed by atoms with van der Waals surface area (Å²) in [6, 6.07) is 23.2. The quantitative estimate of drug-likeness (QED) is 0.480. The molecule has 1 aliphatic rings. The smallest absolute Gasteiger partial charge is 0.226 e. The number of nitrogens with one attached hydrogen (secondary N) is 1. The highest BCUT2D eigenvalue weighted by Crippen LogP contribution is 2.45. The number of rotatable bonds is 4. The van der Waals surface area contributed by atoms with Crippen molar-refractivity contribution < 1.29 is 14.6 Å². The molecule has 2 heterocycles. The number of aryl methyl sites for hydroxylation is 1. The van der Waals surface area contributed by atoms with Gasteiger partial charge in [0.05, 0.1) is 18.5 Å². The van der Waals surface area contributed by atoms with E-state index in [1.807, 2.05) is 67.6 Å². The van der Waals surface area contributed by atoms with Gasteiger partial charge in [0, 0.05) is 23.5 Å². The Labute approximate surface area is 186 Å². The average Bonchev–Trinajstić information content (AvgIpc) is 3.19. The second-order valence-electron chi connectivity index (χ2n) is 7.96. The van der Waals surface area contributed by atoms with Gasteiger partial charge >= 0.3 is 0 Å². The van der Waals surface area contributed by atoms with E-state index in [1.165, 1.54) is 7.11 Å². The lowest BCUT2D eigenvalue weighted by Crippen LogP contribution is -2.24. The number of hydrogen-bond donors (Lipinski definition) is 2. The second-order valence-corrected chi connectivity index (χ2v) is 7.96. The van der Waals surface area contributed by atoms with Crippen LogP contribution in [0.4, 0.5) is 5.82 Å². The lowest BCUT2D eigenvalue weighted by molar-refractivity contribution is -0.116. The normalized spacial score (nSPS) is 15.2. The molecule has 0 spiro atoms. The lowest BCUT2D eigenvalue weighted by Gasteiger charge is -2.25. The predicted molar refractivity (Wildman–Crippen MR) is 123 cm³/mol. The summed E-state index contributed by atoms with van der Waals surface area (Å²) in [7, 11) is 1.52. The fourth-order valence-electron chi connectivity index (χ4n) is 4.23. The van der Waals surface area contributed by atoms with Crippen LogP contribution in [0.3, 0.4) is 0 Å². The van der Waals surface area contributed by atoms with E-state index in [1.54, 1.807) is 16.8 Å². The molecule has 1 aliphatic heterocycles. The van der Waals surface area contributed by atoms with Crippen molar-refractivity contribution in [1.29, 1.82) is 0 Å². The van der Waals surface area contributed by atoms with Crippen LogP contribution in [0.5, 0.6) is 11.5 Å². The van der Waals surface area contributed by atoms with Crippen LogP contribution in [-0.4, -0.2) is 27.9 Å². The first-order valence-electron chi connectivity index (χ1n) is 10.5. The lowest BCUT2D eigenvalue weighted by atomic mass is 9.84. The van der Waals surface area contributed by atoms with Crippen LogP contribution >= 0.6 is 0 Å². The third-order valence-corrected chi connectivity index (χ3v) is 5.85. The maximum absolute atomic E-state index is 12.8. The van der Waals surface area contributed by atoms with Gasteiger partial charge in [0.25, 0.3) is 0 Å². The molecular weight excluding hydrogens is 402 g/mol. The van der Waals surface area contributed by atoms with Crippen LogP contribution in [0.25, 0.3) is 16.9 Å². The molecule has 1 amide bonds. The monoisotopic (exact) mass is 425 g/mol. The van der Waals surface area contributed by atoms with E-state index in [-0.39, 0.29) is 24.0 Å². The summed E-state index contributed by atoms with van der Waals surface area (Å²) >= 11 is 0. The standard InChI is InChI=1S/C26H23N3O3/c1-16-8-11-19(12-9-16)29-26-24(25(28-29)17-6-4-3-5-7-17)20(15-23(31)27-26)18-10-13-21(30)22(14-18)32-2/h3-14,20,30H,15H2,1-2H3,(H,27,31)/t20-/m1/s1. The van der Waals surface area contributed by atoms with Crippen molar-refractivity contribution in [3.8, 4) is 28.4 Å². The average molecular weight is 425 g/mol. The zero-order chi connectivity index (χ0) is 22.2. The summed E-state index contributed by atoms with van der Waals surface area (Å²) in [4.78, 5) is 12.8. The van der Waals surface area contributed by atoms with E-state index in [2.05, 4.69) is 5.32 Å². The van der Waals surface area contributed by atoms with E-state index < -0.39 is 0 Å². The van der Waals surface area contributed by atoms with Crippen LogP contribution in [0.2, 0.25) is 0 Å². The number of benzene rings is 3. The molecule has 0 fully saturated rings. The van der Waals surface area contributed by atoms with Gasteiger partial charge < -0.3 is 15.2 Å². The van der Waals surface area contributed by atoms with Gasteiger partial charge in [0.2, 0.25) is 5.91 Å². The Bertz CT molecular complexity index is 1290. The van der Waals surface area contributed by atoms with Crippen LogP contribution in [0, 0.1) is 6.92 Å². The van der Waals surface area contributed by atoms with Crippen molar-refractivity contribution in [3.63, 3.8) is 0 Å². The van der Waals surface area contributed by atoms with Crippen molar-refractivity contribution in [1.82, 2.24) is 9.78 Å². The molecule has 1 aromatic heterocycles. The van der Waals surface area contributed by atoms with E-state index in [0.29, 0.717) is 11.6 Å². The minimum atomic E-state index is -0.234. The maximum Gasteiger partial charge on any atom is 0.226 e. The summed E-state index contributed by atoms with van der Waals surface area (Å²) < 4.78 is 7.12. The fraction of sp³-hybridized carbons (Fsp3) is 0.154. The predicted octanol–water partition coefficient (Wildman–Crippen LogP) is 5.04. The Hall–Kier alpha value is -4.06. The minimum absolute atomic E-state index is 0.0652. The number of phenolic OH excluding ortho intramolecular Hbond substituents is 1. The third-order valence-electron chi connectivity index (χ3n) is 5.85. The number of ether oxygens (including phenoxy) is 1. The van der Waals surface area contributed by atoms with Gasteiger partial charge in [-0.3, -0.25) is 4.79 Å². The third kappa shape index (κ3) is 3.39. The number of phenols is 1. The first kappa shape index (κ1) is 19.9. The van der Waals surface area contributed by atoms with E-state index in [4.69, 9.17) is 9.84 Å². The summed E-state index contributed by atoms with van der Waals surface area (Å²) in [5.41, 5.74) is 5.65. The van der Waals surface area contributed by atoms with Gasteiger partial charge in [-0.05, 0) is 36.8 Å². The topological polar surface area (TPSA) is 76.4 Å². The number of methoxy groups -OCH3 is 1. The molecule has 0 saturated heterocycles. The van der Waals surface area contributed by atoms with Crippen LogP contribution in [0.15, 0.2) is 72.8 Å². The Kier molecular flexibility index (Phi) is 4.90. The number of carbonyl (C=O) groups is 1. The Balaban J connectivity index is 1.75. The van der Waals surface area contributed by atoms with Crippen molar-refractivity contribution >= 4 is 11.7 Å². The number of aromatic hydroxyl groups is 1. The molecule has 160 valence electrons. The summed E-state index contributed by atoms with van der Waals surface area (Å²) in [5.74, 6) is 0.795. The van der Waals surface area contributed by atoms with Crippen LogP contribution in [0.1, 0.15) is 29.0 Å².